The highest BCUT2D eigenvalue weighted by atomic mass is 19.1. The van der Waals surface area contributed by atoms with Crippen LogP contribution in [0.5, 0.6) is 0 Å². The zero-order valence-electron chi connectivity index (χ0n) is 11.9. The van der Waals surface area contributed by atoms with Crippen molar-refractivity contribution in [1.29, 1.82) is 0 Å². The van der Waals surface area contributed by atoms with E-state index in [4.69, 9.17) is 4.74 Å². The van der Waals surface area contributed by atoms with E-state index >= 15 is 0 Å². The monoisotopic (exact) mass is 285 g/mol. The molecule has 112 valence electrons. The van der Waals surface area contributed by atoms with Crippen LogP contribution in [-0.2, 0) is 4.74 Å². The van der Waals surface area contributed by atoms with Gasteiger partial charge in [0.1, 0.15) is 11.6 Å². The van der Waals surface area contributed by atoms with Crippen LogP contribution in [0.2, 0.25) is 0 Å². The molecule has 1 aromatic rings. The normalized spacial score (nSPS) is 24.3. The molecule has 20 heavy (non-hydrogen) atoms. The van der Waals surface area contributed by atoms with Crippen LogP contribution in [-0.4, -0.2) is 42.4 Å². The summed E-state index contributed by atoms with van der Waals surface area (Å²) in [5, 5.41) is 10.0. The summed E-state index contributed by atoms with van der Waals surface area (Å²) in [5.41, 5.74) is 0.284. The van der Waals surface area contributed by atoms with Crippen LogP contribution in [0, 0.1) is 11.6 Å². The standard InChI is InChI=1S/C15H21F2NO2/c1-10-14(4-6-20-10)18(2)5-3-15(19)11-7-12(16)9-13(17)8-11/h7-10,14-15,19H,3-6H2,1-2H3. The summed E-state index contributed by atoms with van der Waals surface area (Å²) in [5.74, 6) is -1.32. The van der Waals surface area contributed by atoms with Crippen molar-refractivity contribution in [2.45, 2.75) is 38.0 Å². The Labute approximate surface area is 118 Å². The topological polar surface area (TPSA) is 32.7 Å². The maximum atomic E-state index is 13.1. The lowest BCUT2D eigenvalue weighted by Gasteiger charge is -2.27. The van der Waals surface area contributed by atoms with Gasteiger partial charge in [-0.15, -0.1) is 0 Å². The van der Waals surface area contributed by atoms with E-state index < -0.39 is 17.7 Å². The summed E-state index contributed by atoms with van der Waals surface area (Å²) in [6.45, 7) is 3.44. The number of rotatable bonds is 5. The number of likely N-dealkylation sites (N-methyl/N-ethyl adjacent to an activating group) is 1. The average Bonchev–Trinajstić information content (AvgIpc) is 2.80. The van der Waals surface area contributed by atoms with Crippen LogP contribution < -0.4 is 0 Å². The van der Waals surface area contributed by atoms with Gasteiger partial charge in [0.25, 0.3) is 0 Å². The van der Waals surface area contributed by atoms with Crippen molar-refractivity contribution in [3.8, 4) is 0 Å². The molecule has 0 aliphatic carbocycles. The molecular formula is C15H21F2NO2. The number of nitrogens with zero attached hydrogens (tertiary/aromatic N) is 1. The molecule has 3 unspecified atom stereocenters. The Morgan fingerprint density at radius 1 is 1.35 bits per heavy atom. The Balaban J connectivity index is 1.89. The van der Waals surface area contributed by atoms with Crippen molar-refractivity contribution in [3.63, 3.8) is 0 Å². The van der Waals surface area contributed by atoms with Gasteiger partial charge in [0, 0.05) is 25.3 Å². The van der Waals surface area contributed by atoms with E-state index in [0.29, 0.717) is 19.0 Å². The van der Waals surface area contributed by atoms with Crippen molar-refractivity contribution >= 4 is 0 Å². The van der Waals surface area contributed by atoms with E-state index in [1.54, 1.807) is 0 Å². The Bertz CT molecular complexity index is 435. The minimum atomic E-state index is -0.861. The molecule has 1 aliphatic heterocycles. The largest absolute Gasteiger partial charge is 0.388 e. The van der Waals surface area contributed by atoms with Crippen molar-refractivity contribution in [1.82, 2.24) is 4.90 Å². The summed E-state index contributed by atoms with van der Waals surface area (Å²) in [7, 11) is 1.98. The summed E-state index contributed by atoms with van der Waals surface area (Å²) < 4.78 is 31.7. The van der Waals surface area contributed by atoms with Crippen LogP contribution in [0.3, 0.4) is 0 Å². The molecular weight excluding hydrogens is 264 g/mol. The lowest BCUT2D eigenvalue weighted by Crippen LogP contribution is -2.37. The van der Waals surface area contributed by atoms with E-state index in [9.17, 15) is 13.9 Å². The van der Waals surface area contributed by atoms with E-state index in [2.05, 4.69) is 4.90 Å². The summed E-state index contributed by atoms with van der Waals surface area (Å²) in [6.07, 6.45) is 0.731. The second kappa shape index (κ2) is 6.61. The maximum Gasteiger partial charge on any atom is 0.126 e. The van der Waals surface area contributed by atoms with Crippen molar-refractivity contribution in [2.75, 3.05) is 20.2 Å². The van der Waals surface area contributed by atoms with E-state index in [-0.39, 0.29) is 11.7 Å². The first-order valence-electron chi connectivity index (χ1n) is 6.93. The molecule has 0 radical (unpaired) electrons. The fourth-order valence-electron chi connectivity index (χ4n) is 2.73. The number of aliphatic hydroxyl groups excluding tert-OH is 1. The van der Waals surface area contributed by atoms with Crippen molar-refractivity contribution < 1.29 is 18.6 Å². The highest BCUT2D eigenvalue weighted by Crippen LogP contribution is 2.22. The second-order valence-corrected chi connectivity index (χ2v) is 5.42. The lowest BCUT2D eigenvalue weighted by molar-refractivity contribution is 0.0748. The first kappa shape index (κ1) is 15.4. The zero-order valence-corrected chi connectivity index (χ0v) is 11.9. The van der Waals surface area contributed by atoms with Gasteiger partial charge in [0.2, 0.25) is 0 Å². The van der Waals surface area contributed by atoms with Crippen LogP contribution >= 0.6 is 0 Å². The van der Waals surface area contributed by atoms with Gasteiger partial charge in [-0.05, 0) is 44.5 Å². The third-order valence-electron chi connectivity index (χ3n) is 3.93. The fraction of sp³-hybridized carbons (Fsp3) is 0.600. The molecule has 1 heterocycles. The van der Waals surface area contributed by atoms with Crippen LogP contribution in [0.4, 0.5) is 8.78 Å². The van der Waals surface area contributed by atoms with Gasteiger partial charge in [-0.25, -0.2) is 8.78 Å². The zero-order chi connectivity index (χ0) is 14.7. The minimum absolute atomic E-state index is 0.184. The number of hydrogen-bond acceptors (Lipinski definition) is 3. The maximum absolute atomic E-state index is 13.1. The van der Waals surface area contributed by atoms with Gasteiger partial charge >= 0.3 is 0 Å². The third kappa shape index (κ3) is 3.75. The smallest absolute Gasteiger partial charge is 0.126 e. The average molecular weight is 285 g/mol. The van der Waals surface area contributed by atoms with Crippen molar-refractivity contribution in [2.24, 2.45) is 0 Å². The minimum Gasteiger partial charge on any atom is -0.388 e. The molecule has 0 amide bonds. The van der Waals surface area contributed by atoms with Gasteiger partial charge in [-0.2, -0.15) is 0 Å². The Morgan fingerprint density at radius 3 is 2.55 bits per heavy atom. The van der Waals surface area contributed by atoms with Gasteiger partial charge in [-0.3, -0.25) is 0 Å². The second-order valence-electron chi connectivity index (χ2n) is 5.42. The number of aliphatic hydroxyl groups is 1. The highest BCUT2D eigenvalue weighted by molar-refractivity contribution is 5.20. The van der Waals surface area contributed by atoms with E-state index in [1.807, 2.05) is 14.0 Å². The van der Waals surface area contributed by atoms with E-state index in [1.165, 1.54) is 12.1 Å². The Hall–Kier alpha value is -1.04. The summed E-state index contributed by atoms with van der Waals surface area (Å²) in [6, 6.07) is 3.50. The van der Waals surface area contributed by atoms with Gasteiger partial charge < -0.3 is 14.7 Å². The quantitative estimate of drug-likeness (QED) is 0.902. The molecule has 0 saturated carbocycles. The molecule has 1 saturated heterocycles. The summed E-state index contributed by atoms with van der Waals surface area (Å²) in [4.78, 5) is 2.14. The predicted molar refractivity (Wildman–Crippen MR) is 72.4 cm³/mol. The molecule has 0 spiro atoms. The van der Waals surface area contributed by atoms with E-state index in [0.717, 1.165) is 19.1 Å². The lowest BCUT2D eigenvalue weighted by atomic mass is 10.0. The SMILES string of the molecule is CC1OCCC1N(C)CCC(O)c1cc(F)cc(F)c1. The number of ether oxygens (including phenoxy) is 1. The van der Waals surface area contributed by atoms with Gasteiger partial charge in [-0.1, -0.05) is 0 Å². The van der Waals surface area contributed by atoms with Crippen molar-refractivity contribution in [3.05, 3.63) is 35.4 Å². The predicted octanol–water partition coefficient (Wildman–Crippen LogP) is 2.50. The third-order valence-corrected chi connectivity index (χ3v) is 3.93. The summed E-state index contributed by atoms with van der Waals surface area (Å²) >= 11 is 0. The molecule has 1 aromatic carbocycles. The molecule has 1 fully saturated rings. The van der Waals surface area contributed by atoms with Crippen LogP contribution in [0.25, 0.3) is 0 Å². The fourth-order valence-corrected chi connectivity index (χ4v) is 2.73. The molecule has 1 N–H and O–H groups in total. The molecule has 3 atom stereocenters. The van der Waals surface area contributed by atoms with Crippen LogP contribution in [0.1, 0.15) is 31.4 Å². The first-order valence-corrected chi connectivity index (χ1v) is 6.93. The van der Waals surface area contributed by atoms with Gasteiger partial charge in [0.05, 0.1) is 12.2 Å². The van der Waals surface area contributed by atoms with Crippen LogP contribution in [0.15, 0.2) is 18.2 Å². The molecule has 0 bridgehead atoms. The molecule has 0 aromatic heterocycles. The number of halogens is 2. The molecule has 3 nitrogen and oxygen atoms in total. The number of hydrogen-bond donors (Lipinski definition) is 1. The first-order chi connectivity index (χ1) is 9.47. The Kier molecular flexibility index (Phi) is 5.07. The molecule has 5 heteroatoms. The molecule has 1 aliphatic rings. The highest BCUT2D eigenvalue weighted by Gasteiger charge is 2.27. The molecule has 2 rings (SSSR count). The Morgan fingerprint density at radius 2 is 2.00 bits per heavy atom. The number of benzene rings is 1. The van der Waals surface area contributed by atoms with Gasteiger partial charge in [0.15, 0.2) is 0 Å².